The molecule has 0 aliphatic carbocycles. The topological polar surface area (TPSA) is 25.9 Å². The Hall–Kier alpha value is -1.12. The third kappa shape index (κ3) is 3.50. The predicted molar refractivity (Wildman–Crippen MR) is 60.7 cm³/mol. The molecule has 0 atom stereocenters. The van der Waals surface area contributed by atoms with Crippen LogP contribution in [0.2, 0.25) is 0 Å². The van der Waals surface area contributed by atoms with Gasteiger partial charge < -0.3 is 0 Å². The van der Waals surface area contributed by atoms with Crippen molar-refractivity contribution in [2.45, 2.75) is 52.6 Å². The number of hydrogen-bond acceptors (Lipinski definition) is 1. The maximum Gasteiger partial charge on any atom is 0.497 e. The lowest BCUT2D eigenvalue weighted by atomic mass is 10.3. The van der Waals surface area contributed by atoms with Crippen LogP contribution in [0.4, 0.5) is 0 Å². The van der Waals surface area contributed by atoms with E-state index in [-0.39, 0.29) is 5.69 Å². The van der Waals surface area contributed by atoms with Gasteiger partial charge in [0, 0.05) is 6.07 Å². The van der Waals surface area contributed by atoms with Gasteiger partial charge in [0.1, 0.15) is 0 Å². The largest absolute Gasteiger partial charge is 0.497 e. The normalized spacial score (nSPS) is 10.5. The Morgan fingerprint density at radius 3 is 2.67 bits per heavy atom. The molecule has 1 heterocycles. The van der Waals surface area contributed by atoms with E-state index in [1.807, 2.05) is 18.5 Å². The zero-order chi connectivity index (χ0) is 11.1. The van der Waals surface area contributed by atoms with E-state index in [2.05, 4.69) is 13.8 Å². The Morgan fingerprint density at radius 1 is 1.27 bits per heavy atom. The molecule has 0 saturated carbocycles. The van der Waals surface area contributed by atoms with Crippen molar-refractivity contribution in [1.29, 1.82) is 0 Å². The smallest absolute Gasteiger partial charge is 0.198 e. The Bertz CT molecular complexity index is 314. The molecule has 0 bridgehead atoms. The molecule has 0 unspecified atom stereocenters. The van der Waals surface area contributed by atoms with Gasteiger partial charge in [0.15, 0.2) is 0 Å². The SMILES string of the molecule is CCCCn1ccc[n+](CCCC)c1=O. The monoisotopic (exact) mass is 209 g/mol. The van der Waals surface area contributed by atoms with E-state index in [0.29, 0.717) is 0 Å². The highest BCUT2D eigenvalue weighted by Crippen LogP contribution is 1.90. The maximum atomic E-state index is 11.9. The van der Waals surface area contributed by atoms with Crippen LogP contribution in [0.15, 0.2) is 23.3 Å². The first kappa shape index (κ1) is 12.0. The molecule has 0 amide bonds. The van der Waals surface area contributed by atoms with E-state index in [1.165, 1.54) is 0 Å². The van der Waals surface area contributed by atoms with Crippen LogP contribution in [-0.2, 0) is 13.1 Å². The second-order valence-electron chi connectivity index (χ2n) is 3.87. The standard InChI is InChI=1S/C12H21N2O/c1-3-5-8-13-10-7-11-14(12(13)15)9-6-4-2/h7,10-11H,3-6,8-9H2,1-2H3/q+1. The van der Waals surface area contributed by atoms with Gasteiger partial charge in [-0.05, 0) is 12.8 Å². The molecule has 0 saturated heterocycles. The van der Waals surface area contributed by atoms with Crippen molar-refractivity contribution < 1.29 is 4.57 Å². The van der Waals surface area contributed by atoms with E-state index >= 15 is 0 Å². The van der Waals surface area contributed by atoms with Gasteiger partial charge in [-0.3, -0.25) is 0 Å². The van der Waals surface area contributed by atoms with Crippen LogP contribution >= 0.6 is 0 Å². The molecule has 1 rings (SSSR count). The van der Waals surface area contributed by atoms with Crippen LogP contribution in [0, 0.1) is 0 Å². The van der Waals surface area contributed by atoms with Gasteiger partial charge in [-0.1, -0.05) is 26.7 Å². The number of unbranched alkanes of at least 4 members (excludes halogenated alkanes) is 2. The predicted octanol–water partition coefficient (Wildman–Crippen LogP) is 1.74. The highest BCUT2D eigenvalue weighted by molar-refractivity contribution is 4.75. The van der Waals surface area contributed by atoms with Crippen molar-refractivity contribution in [3.63, 3.8) is 0 Å². The van der Waals surface area contributed by atoms with Crippen molar-refractivity contribution in [3.8, 4) is 0 Å². The highest BCUT2D eigenvalue weighted by Gasteiger charge is 2.08. The average molecular weight is 209 g/mol. The molecule has 0 aliphatic heterocycles. The van der Waals surface area contributed by atoms with Gasteiger partial charge in [-0.25, -0.2) is 0 Å². The van der Waals surface area contributed by atoms with Gasteiger partial charge in [-0.15, -0.1) is 0 Å². The third-order valence-corrected chi connectivity index (χ3v) is 2.53. The third-order valence-electron chi connectivity index (χ3n) is 2.53. The summed E-state index contributed by atoms with van der Waals surface area (Å²) in [6.07, 6.45) is 8.13. The summed E-state index contributed by atoms with van der Waals surface area (Å²) in [5.41, 5.74) is 0.124. The molecular formula is C12H21N2O+. The number of nitrogens with zero attached hydrogens (tertiary/aromatic N) is 2. The average Bonchev–Trinajstić information content (AvgIpc) is 2.26. The molecule has 0 N–H and O–H groups in total. The van der Waals surface area contributed by atoms with Gasteiger partial charge in [-0.2, -0.15) is 13.9 Å². The summed E-state index contributed by atoms with van der Waals surface area (Å²) in [6.45, 7) is 5.95. The van der Waals surface area contributed by atoms with Crippen LogP contribution in [0.3, 0.4) is 0 Å². The first-order chi connectivity index (χ1) is 7.29. The van der Waals surface area contributed by atoms with Gasteiger partial charge in [0.2, 0.25) is 0 Å². The Kier molecular flexibility index (Phi) is 5.08. The quantitative estimate of drug-likeness (QED) is 0.655. The second-order valence-corrected chi connectivity index (χ2v) is 3.87. The van der Waals surface area contributed by atoms with Crippen molar-refractivity contribution in [2.75, 3.05) is 0 Å². The summed E-state index contributed by atoms with van der Waals surface area (Å²) in [4.78, 5) is 11.9. The highest BCUT2D eigenvalue weighted by atomic mass is 16.1. The molecule has 0 radical (unpaired) electrons. The van der Waals surface area contributed by atoms with Crippen molar-refractivity contribution >= 4 is 0 Å². The van der Waals surface area contributed by atoms with Gasteiger partial charge in [0.05, 0.1) is 25.5 Å². The Morgan fingerprint density at radius 2 is 2.00 bits per heavy atom. The van der Waals surface area contributed by atoms with Crippen LogP contribution < -0.4 is 10.3 Å². The van der Waals surface area contributed by atoms with E-state index in [9.17, 15) is 4.79 Å². The number of aromatic nitrogens is 2. The summed E-state index contributed by atoms with van der Waals surface area (Å²) in [7, 11) is 0. The lowest BCUT2D eigenvalue weighted by Crippen LogP contribution is -2.53. The molecule has 0 spiro atoms. The molecule has 15 heavy (non-hydrogen) atoms. The first-order valence-electron chi connectivity index (χ1n) is 5.88. The molecule has 1 aromatic rings. The molecule has 3 nitrogen and oxygen atoms in total. The Labute approximate surface area is 91.4 Å². The molecule has 1 aromatic heterocycles. The van der Waals surface area contributed by atoms with E-state index in [4.69, 9.17) is 0 Å². The van der Waals surface area contributed by atoms with Crippen molar-refractivity contribution in [2.24, 2.45) is 0 Å². The fraction of sp³-hybridized carbons (Fsp3) is 0.667. The number of rotatable bonds is 6. The van der Waals surface area contributed by atoms with E-state index < -0.39 is 0 Å². The first-order valence-corrected chi connectivity index (χ1v) is 5.88. The minimum atomic E-state index is 0.124. The number of hydrogen-bond donors (Lipinski definition) is 0. The lowest BCUT2D eigenvalue weighted by Gasteiger charge is -2.01. The molecule has 0 aromatic carbocycles. The van der Waals surface area contributed by atoms with Gasteiger partial charge in [0.25, 0.3) is 0 Å². The van der Waals surface area contributed by atoms with Crippen molar-refractivity contribution in [1.82, 2.24) is 4.57 Å². The summed E-state index contributed by atoms with van der Waals surface area (Å²) in [5.74, 6) is 0. The van der Waals surface area contributed by atoms with E-state index in [1.54, 1.807) is 9.13 Å². The van der Waals surface area contributed by atoms with Crippen molar-refractivity contribution in [3.05, 3.63) is 28.9 Å². The zero-order valence-electron chi connectivity index (χ0n) is 9.78. The molecule has 0 aliphatic rings. The maximum absolute atomic E-state index is 11.9. The van der Waals surface area contributed by atoms with Crippen LogP contribution in [0.5, 0.6) is 0 Å². The summed E-state index contributed by atoms with van der Waals surface area (Å²) in [6, 6.07) is 1.95. The summed E-state index contributed by atoms with van der Waals surface area (Å²) in [5, 5.41) is 0. The molecular weight excluding hydrogens is 188 g/mol. The minimum absolute atomic E-state index is 0.124. The zero-order valence-corrected chi connectivity index (χ0v) is 9.78. The molecule has 84 valence electrons. The molecule has 3 heteroatoms. The fourth-order valence-electron chi connectivity index (χ4n) is 1.54. The summed E-state index contributed by atoms with van der Waals surface area (Å²) >= 11 is 0. The lowest BCUT2D eigenvalue weighted by molar-refractivity contribution is -0.715. The minimum Gasteiger partial charge on any atom is -0.198 e. The fourth-order valence-corrected chi connectivity index (χ4v) is 1.54. The summed E-state index contributed by atoms with van der Waals surface area (Å²) < 4.78 is 3.61. The van der Waals surface area contributed by atoms with E-state index in [0.717, 1.165) is 38.8 Å². The van der Waals surface area contributed by atoms with Crippen LogP contribution in [-0.4, -0.2) is 4.57 Å². The van der Waals surface area contributed by atoms with Gasteiger partial charge >= 0.3 is 5.69 Å². The number of aryl methyl sites for hydroxylation is 2. The Balaban J connectivity index is 2.76. The van der Waals surface area contributed by atoms with Crippen LogP contribution in [0.1, 0.15) is 39.5 Å². The van der Waals surface area contributed by atoms with Crippen LogP contribution in [0.25, 0.3) is 0 Å². The molecule has 0 fully saturated rings. The second kappa shape index (κ2) is 6.38.